The van der Waals surface area contributed by atoms with Crippen molar-refractivity contribution in [2.45, 2.75) is 33.2 Å². The van der Waals surface area contributed by atoms with E-state index >= 15 is 0 Å². The van der Waals surface area contributed by atoms with Crippen LogP contribution in [0.2, 0.25) is 0 Å². The summed E-state index contributed by atoms with van der Waals surface area (Å²) in [4.78, 5) is 13.9. The van der Waals surface area contributed by atoms with Crippen LogP contribution in [0.5, 0.6) is 0 Å². The number of amides is 1. The van der Waals surface area contributed by atoms with Gasteiger partial charge in [0.05, 0.1) is 6.04 Å². The molecule has 1 aromatic rings. The molecule has 1 aliphatic rings. The van der Waals surface area contributed by atoms with Crippen LogP contribution in [0.15, 0.2) is 18.2 Å². The Hall–Kier alpha value is -1.75. The van der Waals surface area contributed by atoms with E-state index < -0.39 is 0 Å². The molecule has 0 radical (unpaired) electrons. The molecule has 2 heteroatoms. The molecule has 1 heterocycles. The molecule has 1 saturated heterocycles. The van der Waals surface area contributed by atoms with Crippen LogP contribution in [-0.2, 0) is 4.79 Å². The van der Waals surface area contributed by atoms with Gasteiger partial charge in [-0.15, -0.1) is 12.3 Å². The van der Waals surface area contributed by atoms with E-state index in [-0.39, 0.29) is 17.9 Å². The number of carbonyl (C=O) groups is 1. The summed E-state index contributed by atoms with van der Waals surface area (Å²) in [7, 11) is 0. The average Bonchev–Trinajstić information content (AvgIpc) is 2.68. The first kappa shape index (κ1) is 12.7. The van der Waals surface area contributed by atoms with Gasteiger partial charge in [-0.3, -0.25) is 4.79 Å². The zero-order chi connectivity index (χ0) is 13.3. The minimum Gasteiger partial charge on any atom is -0.335 e. The summed E-state index contributed by atoms with van der Waals surface area (Å²) in [6, 6.07) is 6.55. The van der Waals surface area contributed by atoms with Crippen molar-refractivity contribution in [1.82, 2.24) is 4.90 Å². The van der Waals surface area contributed by atoms with Gasteiger partial charge in [0.25, 0.3) is 0 Å². The SMILES string of the molecule is C#CC1CC(=O)N(C(C)c2cc(C)cc(C)c2)C1. The molecule has 1 aromatic carbocycles. The van der Waals surface area contributed by atoms with Crippen LogP contribution < -0.4 is 0 Å². The zero-order valence-corrected chi connectivity index (χ0v) is 11.2. The predicted molar refractivity (Wildman–Crippen MR) is 73.0 cm³/mol. The topological polar surface area (TPSA) is 20.3 Å². The summed E-state index contributed by atoms with van der Waals surface area (Å²) >= 11 is 0. The highest BCUT2D eigenvalue weighted by Gasteiger charge is 2.32. The van der Waals surface area contributed by atoms with Crippen molar-refractivity contribution in [2.24, 2.45) is 5.92 Å². The number of rotatable bonds is 2. The highest BCUT2D eigenvalue weighted by atomic mass is 16.2. The highest BCUT2D eigenvalue weighted by molar-refractivity contribution is 5.79. The molecule has 94 valence electrons. The molecule has 0 aromatic heterocycles. The number of carbonyl (C=O) groups excluding carboxylic acids is 1. The molecule has 1 fully saturated rings. The number of benzene rings is 1. The van der Waals surface area contributed by atoms with Crippen LogP contribution >= 0.6 is 0 Å². The fourth-order valence-corrected chi connectivity index (χ4v) is 2.65. The van der Waals surface area contributed by atoms with Gasteiger partial charge in [0.1, 0.15) is 0 Å². The summed E-state index contributed by atoms with van der Waals surface area (Å²) < 4.78 is 0. The third kappa shape index (κ3) is 2.41. The molecule has 0 N–H and O–H groups in total. The second-order valence-electron chi connectivity index (χ2n) is 5.21. The lowest BCUT2D eigenvalue weighted by atomic mass is 10.0. The molecule has 1 amide bonds. The Morgan fingerprint density at radius 3 is 2.44 bits per heavy atom. The fourth-order valence-electron chi connectivity index (χ4n) is 2.65. The van der Waals surface area contributed by atoms with Gasteiger partial charge in [-0.25, -0.2) is 0 Å². The third-order valence-corrected chi connectivity index (χ3v) is 3.59. The summed E-state index contributed by atoms with van der Waals surface area (Å²) in [5, 5.41) is 0. The lowest BCUT2D eigenvalue weighted by Crippen LogP contribution is -2.28. The molecule has 2 atom stereocenters. The van der Waals surface area contributed by atoms with Gasteiger partial charge < -0.3 is 4.90 Å². The molecular weight excluding hydrogens is 222 g/mol. The Bertz CT molecular complexity index is 492. The van der Waals surface area contributed by atoms with E-state index in [9.17, 15) is 4.79 Å². The van der Waals surface area contributed by atoms with Crippen molar-refractivity contribution < 1.29 is 4.79 Å². The standard InChI is InChI=1S/C16H19NO/c1-5-14-9-16(18)17(10-14)13(4)15-7-11(2)6-12(3)8-15/h1,6-8,13-14H,9-10H2,2-4H3. The second kappa shape index (κ2) is 4.86. The first-order valence-electron chi connectivity index (χ1n) is 6.35. The largest absolute Gasteiger partial charge is 0.335 e. The van der Waals surface area contributed by atoms with Gasteiger partial charge in [-0.05, 0) is 26.3 Å². The van der Waals surface area contributed by atoms with Gasteiger partial charge in [0.15, 0.2) is 0 Å². The maximum atomic E-state index is 12.0. The molecule has 2 unspecified atom stereocenters. The van der Waals surface area contributed by atoms with Crippen LogP contribution in [0.3, 0.4) is 0 Å². The molecule has 2 rings (SSSR count). The van der Waals surface area contributed by atoms with Crippen molar-refractivity contribution in [2.75, 3.05) is 6.54 Å². The van der Waals surface area contributed by atoms with Gasteiger partial charge >= 0.3 is 0 Å². The Labute approximate surface area is 109 Å². The van der Waals surface area contributed by atoms with E-state index in [1.165, 1.54) is 16.7 Å². The number of hydrogen-bond donors (Lipinski definition) is 0. The predicted octanol–water partition coefficient (Wildman–Crippen LogP) is 2.85. The summed E-state index contributed by atoms with van der Waals surface area (Å²) in [5.74, 6) is 2.94. The van der Waals surface area contributed by atoms with Gasteiger partial charge in [-0.1, -0.05) is 29.3 Å². The molecular formula is C16H19NO. The second-order valence-corrected chi connectivity index (χ2v) is 5.21. The Morgan fingerprint density at radius 1 is 1.33 bits per heavy atom. The monoisotopic (exact) mass is 241 g/mol. The maximum absolute atomic E-state index is 12.0. The Kier molecular flexibility index (Phi) is 3.43. The van der Waals surface area contributed by atoms with Crippen molar-refractivity contribution in [3.63, 3.8) is 0 Å². The van der Waals surface area contributed by atoms with Crippen LogP contribution in [0.25, 0.3) is 0 Å². The maximum Gasteiger partial charge on any atom is 0.224 e. The van der Waals surface area contributed by atoms with Crippen molar-refractivity contribution >= 4 is 5.91 Å². The lowest BCUT2D eigenvalue weighted by Gasteiger charge is -2.25. The number of likely N-dealkylation sites (tertiary alicyclic amines) is 1. The highest BCUT2D eigenvalue weighted by Crippen LogP contribution is 2.29. The summed E-state index contributed by atoms with van der Waals surface area (Å²) in [6.45, 7) is 6.92. The normalized spacial score (nSPS) is 20.9. The fraction of sp³-hybridized carbons (Fsp3) is 0.438. The van der Waals surface area contributed by atoms with Crippen molar-refractivity contribution in [3.05, 3.63) is 34.9 Å². The van der Waals surface area contributed by atoms with Gasteiger partial charge in [0, 0.05) is 18.9 Å². The smallest absolute Gasteiger partial charge is 0.224 e. The quantitative estimate of drug-likeness (QED) is 0.729. The molecule has 1 aliphatic heterocycles. The first-order valence-corrected chi connectivity index (χ1v) is 6.35. The summed E-state index contributed by atoms with van der Waals surface area (Å²) in [6.07, 6.45) is 5.91. The minimum absolute atomic E-state index is 0.0749. The van der Waals surface area contributed by atoms with Crippen LogP contribution in [0.4, 0.5) is 0 Å². The lowest BCUT2D eigenvalue weighted by molar-refractivity contribution is -0.129. The third-order valence-electron chi connectivity index (χ3n) is 3.59. The van der Waals surface area contributed by atoms with E-state index in [0.29, 0.717) is 13.0 Å². The number of hydrogen-bond acceptors (Lipinski definition) is 1. The van der Waals surface area contributed by atoms with E-state index in [4.69, 9.17) is 6.42 Å². The van der Waals surface area contributed by atoms with Crippen LogP contribution in [-0.4, -0.2) is 17.4 Å². The van der Waals surface area contributed by atoms with E-state index in [1.54, 1.807) is 0 Å². The van der Waals surface area contributed by atoms with Gasteiger partial charge in [-0.2, -0.15) is 0 Å². The van der Waals surface area contributed by atoms with E-state index in [0.717, 1.165) is 0 Å². The number of aryl methyl sites for hydroxylation is 2. The number of nitrogens with zero attached hydrogens (tertiary/aromatic N) is 1. The molecule has 0 aliphatic carbocycles. The zero-order valence-electron chi connectivity index (χ0n) is 11.2. The molecule has 2 nitrogen and oxygen atoms in total. The van der Waals surface area contributed by atoms with Crippen LogP contribution in [0.1, 0.15) is 36.1 Å². The Morgan fingerprint density at radius 2 is 1.94 bits per heavy atom. The summed E-state index contributed by atoms with van der Waals surface area (Å²) in [5.41, 5.74) is 3.66. The molecule has 0 saturated carbocycles. The molecule has 0 spiro atoms. The molecule has 0 bridgehead atoms. The first-order chi connectivity index (χ1) is 8.51. The number of terminal acetylenes is 1. The van der Waals surface area contributed by atoms with Crippen LogP contribution in [0, 0.1) is 32.1 Å². The van der Waals surface area contributed by atoms with E-state index in [1.807, 2.05) is 4.90 Å². The van der Waals surface area contributed by atoms with Gasteiger partial charge in [0.2, 0.25) is 5.91 Å². The van der Waals surface area contributed by atoms with E-state index in [2.05, 4.69) is 44.9 Å². The minimum atomic E-state index is 0.0749. The van der Waals surface area contributed by atoms with Crippen molar-refractivity contribution in [3.8, 4) is 12.3 Å². The molecule has 18 heavy (non-hydrogen) atoms. The average molecular weight is 241 g/mol. The van der Waals surface area contributed by atoms with Crippen molar-refractivity contribution in [1.29, 1.82) is 0 Å². The Balaban J connectivity index is 2.24.